The number of nitrogens with zero attached hydrogens (tertiary/aromatic N) is 2. The van der Waals surface area contributed by atoms with E-state index in [4.69, 9.17) is 9.72 Å². The summed E-state index contributed by atoms with van der Waals surface area (Å²) in [5.74, 6) is 1.00. The molecule has 4 aromatic rings. The predicted octanol–water partition coefficient (Wildman–Crippen LogP) is 5.70. The van der Waals surface area contributed by atoms with Crippen molar-refractivity contribution in [3.63, 3.8) is 0 Å². The van der Waals surface area contributed by atoms with Gasteiger partial charge >= 0.3 is 0 Å². The zero-order valence-corrected chi connectivity index (χ0v) is 18.2. The van der Waals surface area contributed by atoms with Gasteiger partial charge in [-0.2, -0.15) is 5.10 Å². The van der Waals surface area contributed by atoms with Crippen molar-refractivity contribution < 1.29 is 9.53 Å². The summed E-state index contributed by atoms with van der Waals surface area (Å²) in [6.45, 7) is 4.89. The van der Waals surface area contributed by atoms with E-state index >= 15 is 0 Å². The number of benzene rings is 3. The standard InChI is InChI=1S/C27H25N3O2/c1-19(2)18-32-22-14-12-20(13-15-22)17-28-30-27(31)24-16-26(21-8-4-3-5-9-21)29-25-11-7-6-10-23(24)25/h3-17,19H,18H2,1-2H3,(H,30,31)/b28-17+. The molecular weight excluding hydrogens is 398 g/mol. The van der Waals surface area contributed by atoms with Gasteiger partial charge in [0.2, 0.25) is 0 Å². The number of hydrogen-bond donors (Lipinski definition) is 1. The van der Waals surface area contributed by atoms with Crippen LogP contribution in [-0.2, 0) is 0 Å². The van der Waals surface area contributed by atoms with E-state index in [1.54, 1.807) is 6.21 Å². The van der Waals surface area contributed by atoms with Crippen molar-refractivity contribution in [3.8, 4) is 17.0 Å². The summed E-state index contributed by atoms with van der Waals surface area (Å²) in [6, 6.07) is 26.8. The van der Waals surface area contributed by atoms with Crippen LogP contribution in [0.15, 0.2) is 90.0 Å². The van der Waals surface area contributed by atoms with Crippen LogP contribution in [0.4, 0.5) is 0 Å². The summed E-state index contributed by atoms with van der Waals surface area (Å²) in [5, 5.41) is 4.93. The molecule has 0 fully saturated rings. The third kappa shape index (κ3) is 5.19. The van der Waals surface area contributed by atoms with Gasteiger partial charge in [0, 0.05) is 10.9 Å². The first kappa shape index (κ1) is 21.2. The Morgan fingerprint density at radius 3 is 2.47 bits per heavy atom. The van der Waals surface area contributed by atoms with Crippen LogP contribution in [0.1, 0.15) is 29.8 Å². The summed E-state index contributed by atoms with van der Waals surface area (Å²) in [6.07, 6.45) is 1.62. The first-order chi connectivity index (χ1) is 15.6. The zero-order chi connectivity index (χ0) is 22.3. The Labute approximate surface area is 187 Å². The average molecular weight is 424 g/mol. The van der Waals surface area contributed by atoms with Gasteiger partial charge in [-0.25, -0.2) is 10.4 Å². The third-order valence-corrected chi connectivity index (χ3v) is 4.87. The minimum atomic E-state index is -0.283. The molecule has 5 heteroatoms. The third-order valence-electron chi connectivity index (χ3n) is 4.87. The molecule has 0 bridgehead atoms. The van der Waals surface area contributed by atoms with Crippen LogP contribution in [0.3, 0.4) is 0 Å². The molecule has 32 heavy (non-hydrogen) atoms. The lowest BCUT2D eigenvalue weighted by atomic mass is 10.0. The van der Waals surface area contributed by atoms with Gasteiger partial charge in [-0.3, -0.25) is 4.79 Å². The van der Waals surface area contributed by atoms with Crippen LogP contribution in [-0.4, -0.2) is 23.7 Å². The molecule has 1 heterocycles. The second kappa shape index (κ2) is 9.88. The number of ether oxygens (including phenoxy) is 1. The van der Waals surface area contributed by atoms with E-state index in [0.717, 1.165) is 33.5 Å². The summed E-state index contributed by atoms with van der Waals surface area (Å²) in [7, 11) is 0. The van der Waals surface area contributed by atoms with Gasteiger partial charge in [0.25, 0.3) is 5.91 Å². The molecule has 1 amide bonds. The van der Waals surface area contributed by atoms with E-state index in [1.807, 2.05) is 84.9 Å². The van der Waals surface area contributed by atoms with E-state index in [9.17, 15) is 4.79 Å². The van der Waals surface area contributed by atoms with E-state index in [0.29, 0.717) is 18.1 Å². The van der Waals surface area contributed by atoms with Crippen molar-refractivity contribution >= 4 is 23.0 Å². The van der Waals surface area contributed by atoms with Crippen LogP contribution in [0.5, 0.6) is 5.75 Å². The number of carbonyl (C=O) groups is 1. The summed E-state index contributed by atoms with van der Waals surface area (Å²) in [4.78, 5) is 17.7. The topological polar surface area (TPSA) is 63.6 Å². The van der Waals surface area contributed by atoms with Crippen molar-refractivity contribution in [2.24, 2.45) is 11.0 Å². The Balaban J connectivity index is 1.52. The molecule has 0 aliphatic rings. The first-order valence-corrected chi connectivity index (χ1v) is 10.6. The molecule has 0 saturated carbocycles. The number of hydrazone groups is 1. The van der Waals surface area contributed by atoms with Crippen molar-refractivity contribution in [1.82, 2.24) is 10.4 Å². The number of fused-ring (bicyclic) bond motifs is 1. The molecule has 160 valence electrons. The molecule has 0 unspecified atom stereocenters. The average Bonchev–Trinajstić information content (AvgIpc) is 2.83. The fourth-order valence-electron chi connectivity index (χ4n) is 3.26. The number of aromatic nitrogens is 1. The Morgan fingerprint density at radius 2 is 1.72 bits per heavy atom. The first-order valence-electron chi connectivity index (χ1n) is 10.6. The molecule has 1 aromatic heterocycles. The molecule has 1 N–H and O–H groups in total. The fraction of sp³-hybridized carbons (Fsp3) is 0.148. The van der Waals surface area contributed by atoms with Crippen molar-refractivity contribution in [2.45, 2.75) is 13.8 Å². The Kier molecular flexibility index (Phi) is 6.56. The van der Waals surface area contributed by atoms with Gasteiger partial charge in [0.05, 0.1) is 29.6 Å². The highest BCUT2D eigenvalue weighted by molar-refractivity contribution is 6.07. The summed E-state index contributed by atoms with van der Waals surface area (Å²) in [5.41, 5.74) is 6.51. The van der Waals surface area contributed by atoms with E-state index < -0.39 is 0 Å². The van der Waals surface area contributed by atoms with Gasteiger partial charge in [-0.15, -0.1) is 0 Å². The fourth-order valence-corrected chi connectivity index (χ4v) is 3.26. The Morgan fingerprint density at radius 1 is 1.00 bits per heavy atom. The van der Waals surface area contributed by atoms with Crippen molar-refractivity contribution in [3.05, 3.63) is 96.1 Å². The van der Waals surface area contributed by atoms with Crippen LogP contribution in [0, 0.1) is 5.92 Å². The minimum absolute atomic E-state index is 0.283. The molecule has 3 aromatic carbocycles. The number of rotatable bonds is 7. The zero-order valence-electron chi connectivity index (χ0n) is 18.2. The lowest BCUT2D eigenvalue weighted by Crippen LogP contribution is -2.18. The molecule has 0 radical (unpaired) electrons. The molecule has 0 spiro atoms. The SMILES string of the molecule is CC(C)COc1ccc(/C=N/NC(=O)c2cc(-c3ccccc3)nc3ccccc23)cc1. The van der Waals surface area contributed by atoms with Gasteiger partial charge in [-0.05, 0) is 47.9 Å². The predicted molar refractivity (Wildman–Crippen MR) is 129 cm³/mol. The van der Waals surface area contributed by atoms with E-state index in [1.165, 1.54) is 0 Å². The van der Waals surface area contributed by atoms with Crippen LogP contribution < -0.4 is 10.2 Å². The monoisotopic (exact) mass is 423 g/mol. The second-order valence-corrected chi connectivity index (χ2v) is 7.91. The maximum absolute atomic E-state index is 13.0. The second-order valence-electron chi connectivity index (χ2n) is 7.91. The highest BCUT2D eigenvalue weighted by atomic mass is 16.5. The lowest BCUT2D eigenvalue weighted by molar-refractivity contribution is 0.0956. The normalized spacial score (nSPS) is 11.2. The molecule has 0 aliphatic heterocycles. The molecule has 0 saturated heterocycles. The summed E-state index contributed by atoms with van der Waals surface area (Å²) < 4.78 is 5.69. The molecular formula is C27H25N3O2. The highest BCUT2D eigenvalue weighted by Gasteiger charge is 2.13. The number of nitrogens with one attached hydrogen (secondary N) is 1. The van der Waals surface area contributed by atoms with Gasteiger partial charge in [-0.1, -0.05) is 62.4 Å². The van der Waals surface area contributed by atoms with Crippen LogP contribution >= 0.6 is 0 Å². The molecule has 4 rings (SSSR count). The maximum atomic E-state index is 13.0. The van der Waals surface area contributed by atoms with Crippen molar-refractivity contribution in [2.75, 3.05) is 6.61 Å². The van der Waals surface area contributed by atoms with E-state index in [2.05, 4.69) is 24.4 Å². The molecule has 5 nitrogen and oxygen atoms in total. The molecule has 0 atom stereocenters. The largest absolute Gasteiger partial charge is 0.493 e. The number of carbonyl (C=O) groups excluding carboxylic acids is 1. The van der Waals surface area contributed by atoms with Gasteiger partial charge < -0.3 is 4.74 Å². The van der Waals surface area contributed by atoms with Crippen LogP contribution in [0.2, 0.25) is 0 Å². The highest BCUT2D eigenvalue weighted by Crippen LogP contribution is 2.24. The van der Waals surface area contributed by atoms with Gasteiger partial charge in [0.15, 0.2) is 0 Å². The van der Waals surface area contributed by atoms with Crippen molar-refractivity contribution in [1.29, 1.82) is 0 Å². The van der Waals surface area contributed by atoms with E-state index in [-0.39, 0.29) is 5.91 Å². The Hall–Kier alpha value is -3.99. The van der Waals surface area contributed by atoms with Gasteiger partial charge in [0.1, 0.15) is 5.75 Å². The Bertz CT molecular complexity index is 1230. The smallest absolute Gasteiger partial charge is 0.272 e. The number of pyridine rings is 1. The maximum Gasteiger partial charge on any atom is 0.272 e. The number of hydrogen-bond acceptors (Lipinski definition) is 4. The summed E-state index contributed by atoms with van der Waals surface area (Å²) >= 11 is 0. The quantitative estimate of drug-likeness (QED) is 0.306. The minimum Gasteiger partial charge on any atom is -0.493 e. The molecule has 0 aliphatic carbocycles. The number of amides is 1. The van der Waals surface area contributed by atoms with Crippen LogP contribution in [0.25, 0.3) is 22.2 Å². The number of para-hydroxylation sites is 1. The lowest BCUT2D eigenvalue weighted by Gasteiger charge is -2.09.